The first-order valence-electron chi connectivity index (χ1n) is 5.81. The number of rotatable bonds is 4. The number of alkyl halides is 1. The highest BCUT2D eigenvalue weighted by atomic mass is 35.5. The third-order valence-corrected chi connectivity index (χ3v) is 3.86. The maximum atomic E-state index is 11.8. The Kier molecular flexibility index (Phi) is 4.76. The molecule has 94 valence electrons. The Balaban J connectivity index is 1.79. The second-order valence-corrected chi connectivity index (χ2v) is 5.34. The lowest BCUT2D eigenvalue weighted by Crippen LogP contribution is -2.45. The van der Waals surface area contributed by atoms with E-state index >= 15 is 0 Å². The number of aromatic nitrogens is 1. The molecule has 0 aromatic carbocycles. The number of piperidine rings is 1. The lowest BCUT2D eigenvalue weighted by atomic mass is 10.2. The van der Waals surface area contributed by atoms with Crippen LogP contribution in [0.25, 0.3) is 0 Å². The van der Waals surface area contributed by atoms with Crippen molar-refractivity contribution in [3.63, 3.8) is 0 Å². The fraction of sp³-hybridized carbons (Fsp3) is 0.636. The van der Waals surface area contributed by atoms with Gasteiger partial charge in [0.25, 0.3) is 0 Å². The summed E-state index contributed by atoms with van der Waals surface area (Å²) >= 11 is 7.16. The first kappa shape index (κ1) is 12.8. The van der Waals surface area contributed by atoms with E-state index in [0.717, 1.165) is 36.6 Å². The van der Waals surface area contributed by atoms with Crippen molar-refractivity contribution >= 4 is 28.8 Å². The van der Waals surface area contributed by atoms with E-state index in [-0.39, 0.29) is 5.91 Å². The molecule has 1 amide bonds. The number of nitrogens with one attached hydrogen (secondary N) is 1. The largest absolute Gasteiger partial charge is 0.289 e. The highest BCUT2D eigenvalue weighted by Gasteiger charge is 2.14. The molecular formula is C11H16ClN3OS. The first-order chi connectivity index (χ1) is 8.28. The molecule has 2 heterocycles. The molecule has 0 spiro atoms. The van der Waals surface area contributed by atoms with E-state index in [2.05, 4.69) is 10.4 Å². The van der Waals surface area contributed by atoms with E-state index in [4.69, 9.17) is 11.6 Å². The van der Waals surface area contributed by atoms with Crippen LogP contribution in [-0.2, 0) is 17.1 Å². The monoisotopic (exact) mass is 273 g/mol. The van der Waals surface area contributed by atoms with E-state index in [9.17, 15) is 4.79 Å². The van der Waals surface area contributed by atoms with Crippen LogP contribution in [0.15, 0.2) is 5.38 Å². The SMILES string of the molecule is O=C(Cc1nc(CCl)cs1)NN1CCCCC1. The molecule has 0 atom stereocenters. The van der Waals surface area contributed by atoms with Gasteiger partial charge in [-0.15, -0.1) is 22.9 Å². The topological polar surface area (TPSA) is 45.2 Å². The van der Waals surface area contributed by atoms with Crippen molar-refractivity contribution in [3.8, 4) is 0 Å². The van der Waals surface area contributed by atoms with Gasteiger partial charge in [-0.2, -0.15) is 0 Å². The molecule has 0 unspecified atom stereocenters. The number of thiazole rings is 1. The van der Waals surface area contributed by atoms with Crippen LogP contribution >= 0.6 is 22.9 Å². The number of carbonyl (C=O) groups excluding carboxylic acids is 1. The van der Waals surface area contributed by atoms with E-state index in [1.165, 1.54) is 17.8 Å². The van der Waals surface area contributed by atoms with E-state index in [1.807, 2.05) is 10.4 Å². The molecule has 0 radical (unpaired) electrons. The molecular weight excluding hydrogens is 258 g/mol. The number of nitrogens with zero attached hydrogens (tertiary/aromatic N) is 2. The summed E-state index contributed by atoms with van der Waals surface area (Å²) in [7, 11) is 0. The zero-order valence-electron chi connectivity index (χ0n) is 9.62. The number of amides is 1. The Morgan fingerprint density at radius 2 is 2.24 bits per heavy atom. The minimum Gasteiger partial charge on any atom is -0.289 e. The molecule has 0 bridgehead atoms. The maximum Gasteiger partial charge on any atom is 0.241 e. The average Bonchev–Trinajstić information content (AvgIpc) is 2.78. The van der Waals surface area contributed by atoms with E-state index in [1.54, 1.807) is 0 Å². The van der Waals surface area contributed by atoms with Crippen LogP contribution in [0.1, 0.15) is 30.0 Å². The molecule has 1 N–H and O–H groups in total. The minimum atomic E-state index is 0.0161. The van der Waals surface area contributed by atoms with Gasteiger partial charge in [-0.1, -0.05) is 6.42 Å². The van der Waals surface area contributed by atoms with Crippen molar-refractivity contribution in [3.05, 3.63) is 16.1 Å². The molecule has 2 rings (SSSR count). The van der Waals surface area contributed by atoms with Crippen molar-refractivity contribution < 1.29 is 4.79 Å². The van der Waals surface area contributed by atoms with Gasteiger partial charge in [0.1, 0.15) is 5.01 Å². The summed E-state index contributed by atoms with van der Waals surface area (Å²) in [6.07, 6.45) is 3.93. The number of halogens is 1. The maximum absolute atomic E-state index is 11.8. The Hall–Kier alpha value is -0.650. The van der Waals surface area contributed by atoms with Gasteiger partial charge in [-0.25, -0.2) is 9.99 Å². The van der Waals surface area contributed by atoms with Crippen LogP contribution in [0.4, 0.5) is 0 Å². The lowest BCUT2D eigenvalue weighted by Gasteiger charge is -2.26. The predicted octanol–water partition coefficient (Wildman–Crippen LogP) is 1.94. The van der Waals surface area contributed by atoms with Crippen molar-refractivity contribution in [1.82, 2.24) is 15.4 Å². The summed E-state index contributed by atoms with van der Waals surface area (Å²) in [5, 5.41) is 4.73. The Morgan fingerprint density at radius 3 is 2.88 bits per heavy atom. The molecule has 1 aliphatic heterocycles. The molecule has 1 fully saturated rings. The van der Waals surface area contributed by atoms with Gasteiger partial charge >= 0.3 is 0 Å². The quantitative estimate of drug-likeness (QED) is 0.853. The number of hydrazine groups is 1. The van der Waals surface area contributed by atoms with Gasteiger partial charge in [0.2, 0.25) is 5.91 Å². The van der Waals surface area contributed by atoms with Crippen LogP contribution in [0.5, 0.6) is 0 Å². The van der Waals surface area contributed by atoms with Crippen molar-refractivity contribution in [2.75, 3.05) is 13.1 Å². The van der Waals surface area contributed by atoms with Gasteiger partial charge in [0, 0.05) is 18.5 Å². The Morgan fingerprint density at radius 1 is 1.47 bits per heavy atom. The Labute approximate surface area is 110 Å². The fourth-order valence-electron chi connectivity index (χ4n) is 1.85. The van der Waals surface area contributed by atoms with Crippen molar-refractivity contribution in [2.24, 2.45) is 0 Å². The molecule has 0 saturated carbocycles. The van der Waals surface area contributed by atoms with Gasteiger partial charge in [-0.05, 0) is 12.8 Å². The van der Waals surface area contributed by atoms with E-state index < -0.39 is 0 Å². The summed E-state index contributed by atoms with van der Waals surface area (Å²) in [6.45, 7) is 1.91. The predicted molar refractivity (Wildman–Crippen MR) is 68.9 cm³/mol. The van der Waals surface area contributed by atoms with Gasteiger partial charge < -0.3 is 0 Å². The summed E-state index contributed by atoms with van der Waals surface area (Å²) in [5.41, 5.74) is 3.77. The molecule has 6 heteroatoms. The molecule has 0 aliphatic carbocycles. The lowest BCUT2D eigenvalue weighted by molar-refractivity contribution is -0.125. The molecule has 17 heavy (non-hydrogen) atoms. The highest BCUT2D eigenvalue weighted by Crippen LogP contribution is 2.12. The zero-order chi connectivity index (χ0) is 12.1. The van der Waals surface area contributed by atoms with E-state index in [0.29, 0.717) is 12.3 Å². The normalized spacial score (nSPS) is 17.0. The summed E-state index contributed by atoms with van der Waals surface area (Å²) < 4.78 is 0. The number of carbonyl (C=O) groups is 1. The summed E-state index contributed by atoms with van der Waals surface area (Å²) in [5.74, 6) is 0.423. The molecule has 1 aromatic rings. The molecule has 1 aliphatic rings. The zero-order valence-corrected chi connectivity index (χ0v) is 11.2. The minimum absolute atomic E-state index is 0.0161. The molecule has 4 nitrogen and oxygen atoms in total. The first-order valence-corrected chi connectivity index (χ1v) is 7.23. The standard InChI is InChI=1S/C11H16ClN3OS/c12-7-9-8-17-11(13-9)6-10(16)14-15-4-2-1-3-5-15/h8H,1-7H2,(H,14,16). The van der Waals surface area contributed by atoms with Crippen molar-refractivity contribution in [1.29, 1.82) is 0 Å². The highest BCUT2D eigenvalue weighted by molar-refractivity contribution is 7.09. The second-order valence-electron chi connectivity index (χ2n) is 4.13. The van der Waals surface area contributed by atoms with Gasteiger partial charge in [0.05, 0.1) is 18.0 Å². The van der Waals surface area contributed by atoms with Crippen molar-refractivity contribution in [2.45, 2.75) is 31.6 Å². The summed E-state index contributed by atoms with van der Waals surface area (Å²) in [4.78, 5) is 16.0. The third kappa shape index (κ3) is 3.94. The Bertz CT molecular complexity index is 377. The van der Waals surface area contributed by atoms with Crippen LogP contribution in [0.3, 0.4) is 0 Å². The van der Waals surface area contributed by atoms with Crippen LogP contribution in [0, 0.1) is 0 Å². The second kappa shape index (κ2) is 6.33. The molecule has 1 aromatic heterocycles. The summed E-state index contributed by atoms with van der Waals surface area (Å²) in [6, 6.07) is 0. The smallest absolute Gasteiger partial charge is 0.241 e. The fourth-order valence-corrected chi connectivity index (χ4v) is 2.87. The van der Waals surface area contributed by atoms with Crippen LogP contribution in [-0.4, -0.2) is 29.0 Å². The number of hydrogen-bond acceptors (Lipinski definition) is 4. The van der Waals surface area contributed by atoms with Gasteiger partial charge in [-0.3, -0.25) is 10.2 Å². The average molecular weight is 274 g/mol. The van der Waals surface area contributed by atoms with Crippen LogP contribution < -0.4 is 5.43 Å². The van der Waals surface area contributed by atoms with Gasteiger partial charge in [0.15, 0.2) is 0 Å². The van der Waals surface area contributed by atoms with Crippen LogP contribution in [0.2, 0.25) is 0 Å². The third-order valence-electron chi connectivity index (χ3n) is 2.69. The molecule has 1 saturated heterocycles. The number of hydrogen-bond donors (Lipinski definition) is 1.